The highest BCUT2D eigenvalue weighted by molar-refractivity contribution is 5.99. The lowest BCUT2D eigenvalue weighted by atomic mass is 10.1. The number of hydrogen-bond acceptors (Lipinski definition) is 3. The van der Waals surface area contributed by atoms with Crippen LogP contribution in [0.1, 0.15) is 17.3 Å². The van der Waals surface area contributed by atoms with Crippen LogP contribution >= 0.6 is 0 Å². The lowest BCUT2D eigenvalue weighted by Crippen LogP contribution is -2.23. The summed E-state index contributed by atoms with van der Waals surface area (Å²) in [5.74, 6) is 0.840. The molecule has 1 aromatic carbocycles. The molecule has 0 unspecified atom stereocenters. The van der Waals surface area contributed by atoms with Crippen molar-refractivity contribution in [1.29, 1.82) is 0 Å². The molecule has 0 aliphatic rings. The van der Waals surface area contributed by atoms with Crippen molar-refractivity contribution >= 4 is 5.91 Å². The molecule has 0 spiro atoms. The van der Waals surface area contributed by atoms with Crippen LogP contribution in [0.4, 0.5) is 0 Å². The molecule has 0 heterocycles. The molecule has 82 valence electrons. The van der Waals surface area contributed by atoms with E-state index >= 15 is 0 Å². The summed E-state index contributed by atoms with van der Waals surface area (Å²) in [6, 6.07) is 5.24. The summed E-state index contributed by atoms with van der Waals surface area (Å²) in [7, 11) is 3.05. The molecule has 1 N–H and O–H groups in total. The van der Waals surface area contributed by atoms with Crippen molar-refractivity contribution < 1.29 is 14.3 Å². The SMILES string of the molecule is CCNC(=O)c1c(OC)cccc1OC. The average Bonchev–Trinajstić information content (AvgIpc) is 2.28. The van der Waals surface area contributed by atoms with E-state index in [0.717, 1.165) is 0 Å². The monoisotopic (exact) mass is 209 g/mol. The molecule has 0 aliphatic carbocycles. The summed E-state index contributed by atoms with van der Waals surface area (Å²) >= 11 is 0. The molecule has 0 saturated carbocycles. The first-order chi connectivity index (χ1) is 7.24. The van der Waals surface area contributed by atoms with E-state index in [1.807, 2.05) is 6.92 Å². The van der Waals surface area contributed by atoms with Crippen LogP contribution in [0.15, 0.2) is 18.2 Å². The minimum absolute atomic E-state index is 0.188. The van der Waals surface area contributed by atoms with E-state index in [0.29, 0.717) is 23.6 Å². The van der Waals surface area contributed by atoms with E-state index in [4.69, 9.17) is 9.47 Å². The Morgan fingerprint density at radius 3 is 2.20 bits per heavy atom. The number of nitrogens with one attached hydrogen (secondary N) is 1. The minimum atomic E-state index is -0.188. The van der Waals surface area contributed by atoms with Crippen LogP contribution in [-0.4, -0.2) is 26.7 Å². The number of hydrogen-bond donors (Lipinski definition) is 1. The normalized spacial score (nSPS) is 9.53. The third-order valence-corrected chi connectivity index (χ3v) is 1.99. The van der Waals surface area contributed by atoms with E-state index in [1.165, 1.54) is 14.2 Å². The van der Waals surface area contributed by atoms with Gasteiger partial charge < -0.3 is 14.8 Å². The van der Waals surface area contributed by atoms with Gasteiger partial charge in [0.05, 0.1) is 14.2 Å². The highest BCUT2D eigenvalue weighted by atomic mass is 16.5. The van der Waals surface area contributed by atoms with Gasteiger partial charge in [0.15, 0.2) is 0 Å². The maximum atomic E-state index is 11.7. The lowest BCUT2D eigenvalue weighted by molar-refractivity contribution is 0.0949. The standard InChI is InChI=1S/C11H15NO3/c1-4-12-11(13)10-8(14-2)6-5-7-9(10)15-3/h5-7H,4H2,1-3H3,(H,12,13). The van der Waals surface area contributed by atoms with Crippen LogP contribution in [0.3, 0.4) is 0 Å². The predicted molar refractivity (Wildman–Crippen MR) is 57.6 cm³/mol. The molecule has 0 saturated heterocycles. The number of methoxy groups -OCH3 is 2. The molecule has 4 nitrogen and oxygen atoms in total. The smallest absolute Gasteiger partial charge is 0.258 e. The fraction of sp³-hybridized carbons (Fsp3) is 0.364. The van der Waals surface area contributed by atoms with Crippen molar-refractivity contribution in [3.63, 3.8) is 0 Å². The second-order valence-electron chi connectivity index (χ2n) is 2.90. The van der Waals surface area contributed by atoms with Crippen molar-refractivity contribution in [1.82, 2.24) is 5.32 Å². The quantitative estimate of drug-likeness (QED) is 0.816. The fourth-order valence-corrected chi connectivity index (χ4v) is 1.32. The second kappa shape index (κ2) is 5.24. The first-order valence-corrected chi connectivity index (χ1v) is 4.73. The van der Waals surface area contributed by atoms with Crippen LogP contribution in [0.5, 0.6) is 11.5 Å². The largest absolute Gasteiger partial charge is 0.496 e. The molecule has 0 atom stereocenters. The van der Waals surface area contributed by atoms with Gasteiger partial charge >= 0.3 is 0 Å². The molecule has 1 rings (SSSR count). The van der Waals surface area contributed by atoms with E-state index in [2.05, 4.69) is 5.32 Å². The molecule has 4 heteroatoms. The van der Waals surface area contributed by atoms with Crippen molar-refractivity contribution in [2.75, 3.05) is 20.8 Å². The summed E-state index contributed by atoms with van der Waals surface area (Å²) in [4.78, 5) is 11.7. The molecule has 1 amide bonds. The van der Waals surface area contributed by atoms with Crippen LogP contribution in [0.2, 0.25) is 0 Å². The molecule has 1 aromatic rings. The van der Waals surface area contributed by atoms with Gasteiger partial charge in [-0.3, -0.25) is 4.79 Å². The molecule has 15 heavy (non-hydrogen) atoms. The molecule has 0 aliphatic heterocycles. The molecule has 0 radical (unpaired) electrons. The third-order valence-electron chi connectivity index (χ3n) is 1.99. The van der Waals surface area contributed by atoms with Crippen molar-refractivity contribution in [2.45, 2.75) is 6.92 Å². The highest BCUT2D eigenvalue weighted by Gasteiger charge is 2.16. The number of carbonyl (C=O) groups is 1. The number of carbonyl (C=O) groups excluding carboxylic acids is 1. The van der Waals surface area contributed by atoms with Gasteiger partial charge in [-0.15, -0.1) is 0 Å². The lowest BCUT2D eigenvalue weighted by Gasteiger charge is -2.11. The van der Waals surface area contributed by atoms with Crippen molar-refractivity contribution in [3.8, 4) is 11.5 Å². The zero-order valence-electron chi connectivity index (χ0n) is 9.16. The van der Waals surface area contributed by atoms with E-state index in [9.17, 15) is 4.79 Å². The topological polar surface area (TPSA) is 47.6 Å². The van der Waals surface area contributed by atoms with Gasteiger partial charge in [0, 0.05) is 6.54 Å². The Labute approximate surface area is 89.2 Å². The third kappa shape index (κ3) is 2.40. The predicted octanol–water partition coefficient (Wildman–Crippen LogP) is 1.45. The maximum absolute atomic E-state index is 11.7. The van der Waals surface area contributed by atoms with Gasteiger partial charge in [-0.1, -0.05) is 6.07 Å². The van der Waals surface area contributed by atoms with E-state index in [1.54, 1.807) is 18.2 Å². The molecule has 0 bridgehead atoms. The Morgan fingerprint density at radius 2 is 1.80 bits per heavy atom. The van der Waals surface area contributed by atoms with Crippen LogP contribution in [0.25, 0.3) is 0 Å². The zero-order valence-corrected chi connectivity index (χ0v) is 9.16. The Hall–Kier alpha value is -1.71. The maximum Gasteiger partial charge on any atom is 0.258 e. The number of rotatable bonds is 4. The second-order valence-corrected chi connectivity index (χ2v) is 2.90. The Morgan fingerprint density at radius 1 is 1.27 bits per heavy atom. The van der Waals surface area contributed by atoms with Gasteiger partial charge in [0.1, 0.15) is 17.1 Å². The Kier molecular flexibility index (Phi) is 3.97. The Bertz CT molecular complexity index is 327. The number of ether oxygens (including phenoxy) is 2. The minimum Gasteiger partial charge on any atom is -0.496 e. The first-order valence-electron chi connectivity index (χ1n) is 4.73. The van der Waals surface area contributed by atoms with E-state index in [-0.39, 0.29) is 5.91 Å². The highest BCUT2D eigenvalue weighted by Crippen LogP contribution is 2.27. The van der Waals surface area contributed by atoms with Crippen LogP contribution in [0, 0.1) is 0 Å². The average molecular weight is 209 g/mol. The summed E-state index contributed by atoms with van der Waals surface area (Å²) in [6.07, 6.45) is 0. The summed E-state index contributed by atoms with van der Waals surface area (Å²) in [5.41, 5.74) is 0.435. The molecule has 0 fully saturated rings. The van der Waals surface area contributed by atoms with Gasteiger partial charge in [0.2, 0.25) is 0 Å². The molecule has 0 aromatic heterocycles. The van der Waals surface area contributed by atoms with Gasteiger partial charge in [0.25, 0.3) is 5.91 Å². The van der Waals surface area contributed by atoms with E-state index < -0.39 is 0 Å². The summed E-state index contributed by atoms with van der Waals surface area (Å²) < 4.78 is 10.2. The van der Waals surface area contributed by atoms with Crippen LogP contribution < -0.4 is 14.8 Å². The molecular formula is C11H15NO3. The summed E-state index contributed by atoms with van der Waals surface area (Å²) in [6.45, 7) is 2.43. The van der Waals surface area contributed by atoms with Gasteiger partial charge in [-0.05, 0) is 19.1 Å². The first kappa shape index (κ1) is 11.4. The number of amides is 1. The van der Waals surface area contributed by atoms with Crippen molar-refractivity contribution in [2.24, 2.45) is 0 Å². The number of benzene rings is 1. The fourth-order valence-electron chi connectivity index (χ4n) is 1.32. The van der Waals surface area contributed by atoms with Crippen molar-refractivity contribution in [3.05, 3.63) is 23.8 Å². The Balaban J connectivity index is 3.15. The van der Waals surface area contributed by atoms with Crippen LogP contribution in [-0.2, 0) is 0 Å². The zero-order chi connectivity index (χ0) is 11.3. The molecular weight excluding hydrogens is 194 g/mol. The summed E-state index contributed by atoms with van der Waals surface area (Å²) in [5, 5.41) is 2.71. The van der Waals surface area contributed by atoms with Gasteiger partial charge in [-0.25, -0.2) is 0 Å². The van der Waals surface area contributed by atoms with Gasteiger partial charge in [-0.2, -0.15) is 0 Å².